The molecule has 10 heteroatoms. The van der Waals surface area contributed by atoms with Gasteiger partial charge in [0.25, 0.3) is 11.8 Å². The largest absolute Gasteiger partial charge is 0.493 e. The van der Waals surface area contributed by atoms with Crippen molar-refractivity contribution in [3.8, 4) is 17.6 Å². The molecule has 1 aliphatic heterocycles. The zero-order valence-corrected chi connectivity index (χ0v) is 22.9. The Balaban J connectivity index is 1.86. The second-order valence-electron chi connectivity index (χ2n) is 8.35. The highest BCUT2D eigenvalue weighted by Crippen LogP contribution is 2.34. The second-order valence-corrected chi connectivity index (χ2v) is 9.53. The standard InChI is InChI=1S/C28H21Cl2N3O4S/c1-16-4-7-19(14-22(16)29)32-26(34)21(12-18-6-9-24(37-11-10-31)25(13-18)36-3)27(35)33(28(32)38)20-8-5-17(2)23(30)15-20/h4-9,12-15H,11H2,1-3H3. The summed E-state index contributed by atoms with van der Waals surface area (Å²) in [6.45, 7) is 3.53. The number of thiocarbonyl (C=S) groups is 1. The maximum Gasteiger partial charge on any atom is 0.270 e. The van der Waals surface area contributed by atoms with Crippen LogP contribution in [0.2, 0.25) is 10.0 Å². The third-order valence-electron chi connectivity index (χ3n) is 5.87. The van der Waals surface area contributed by atoms with Gasteiger partial charge in [-0.1, -0.05) is 41.4 Å². The molecule has 38 heavy (non-hydrogen) atoms. The molecule has 0 radical (unpaired) electrons. The number of nitrogens with zero attached hydrogens (tertiary/aromatic N) is 3. The van der Waals surface area contributed by atoms with E-state index in [9.17, 15) is 9.59 Å². The molecule has 0 aliphatic carbocycles. The van der Waals surface area contributed by atoms with E-state index in [-0.39, 0.29) is 17.3 Å². The topological polar surface area (TPSA) is 82.9 Å². The van der Waals surface area contributed by atoms with Gasteiger partial charge in [-0.2, -0.15) is 5.26 Å². The summed E-state index contributed by atoms with van der Waals surface area (Å²) in [4.78, 5) is 30.1. The summed E-state index contributed by atoms with van der Waals surface area (Å²) < 4.78 is 10.7. The van der Waals surface area contributed by atoms with Crippen LogP contribution in [0.1, 0.15) is 16.7 Å². The maximum absolute atomic E-state index is 13.8. The van der Waals surface area contributed by atoms with Crippen molar-refractivity contribution >= 4 is 69.8 Å². The van der Waals surface area contributed by atoms with E-state index in [1.807, 2.05) is 19.9 Å². The van der Waals surface area contributed by atoms with Crippen molar-refractivity contribution < 1.29 is 19.1 Å². The predicted molar refractivity (Wildman–Crippen MR) is 152 cm³/mol. The Kier molecular flexibility index (Phi) is 8.02. The molecular weight excluding hydrogens is 545 g/mol. The number of hydrogen-bond donors (Lipinski definition) is 0. The van der Waals surface area contributed by atoms with E-state index in [2.05, 4.69) is 0 Å². The molecule has 1 saturated heterocycles. The number of halogens is 2. The molecule has 0 spiro atoms. The average Bonchev–Trinajstić information content (AvgIpc) is 2.89. The van der Waals surface area contributed by atoms with Crippen molar-refractivity contribution in [3.05, 3.63) is 86.9 Å². The van der Waals surface area contributed by atoms with Crippen molar-refractivity contribution in [2.24, 2.45) is 0 Å². The molecule has 1 fully saturated rings. The van der Waals surface area contributed by atoms with Gasteiger partial charge in [-0.15, -0.1) is 0 Å². The van der Waals surface area contributed by atoms with Gasteiger partial charge in [0.15, 0.2) is 23.2 Å². The van der Waals surface area contributed by atoms with Gasteiger partial charge < -0.3 is 9.47 Å². The molecule has 0 saturated carbocycles. The van der Waals surface area contributed by atoms with Crippen LogP contribution < -0.4 is 19.3 Å². The summed E-state index contributed by atoms with van der Waals surface area (Å²) in [6.07, 6.45) is 1.45. The number of rotatable bonds is 6. The lowest BCUT2D eigenvalue weighted by Gasteiger charge is -2.36. The lowest BCUT2D eigenvalue weighted by atomic mass is 10.0. The summed E-state index contributed by atoms with van der Waals surface area (Å²) in [5.41, 5.74) is 2.83. The third-order valence-corrected chi connectivity index (χ3v) is 7.05. The van der Waals surface area contributed by atoms with Gasteiger partial charge in [0.05, 0.1) is 18.5 Å². The fourth-order valence-corrected chi connectivity index (χ4v) is 4.52. The minimum absolute atomic E-state index is 0.0326. The number of hydrogen-bond acceptors (Lipinski definition) is 6. The average molecular weight is 566 g/mol. The normalized spacial score (nSPS) is 13.5. The van der Waals surface area contributed by atoms with Crippen LogP contribution in [-0.2, 0) is 9.59 Å². The van der Waals surface area contributed by atoms with Crippen LogP contribution in [-0.4, -0.2) is 30.6 Å². The van der Waals surface area contributed by atoms with Crippen LogP contribution in [0.3, 0.4) is 0 Å². The molecule has 4 rings (SSSR count). The van der Waals surface area contributed by atoms with Gasteiger partial charge in [0, 0.05) is 10.0 Å². The molecule has 0 bridgehead atoms. The molecular formula is C28H21Cl2N3O4S. The molecule has 0 unspecified atom stereocenters. The molecule has 3 aromatic rings. The summed E-state index contributed by atoms with van der Waals surface area (Å²) in [7, 11) is 1.45. The van der Waals surface area contributed by atoms with Crippen LogP contribution in [0.25, 0.3) is 6.08 Å². The van der Waals surface area contributed by atoms with Crippen LogP contribution in [0.5, 0.6) is 11.5 Å². The maximum atomic E-state index is 13.8. The number of anilines is 2. The van der Waals surface area contributed by atoms with Crippen LogP contribution in [0.4, 0.5) is 11.4 Å². The predicted octanol–water partition coefficient (Wildman–Crippen LogP) is 6.27. The SMILES string of the molecule is COc1cc(C=C2C(=O)N(c3ccc(C)c(Cl)c3)C(=S)N(c3ccc(C)c(Cl)c3)C2=O)ccc1OCC#N. The molecule has 1 heterocycles. The van der Waals surface area contributed by atoms with Gasteiger partial charge >= 0.3 is 0 Å². The van der Waals surface area contributed by atoms with Crippen LogP contribution in [0, 0.1) is 25.2 Å². The Hall–Kier alpha value is -3.90. The van der Waals surface area contributed by atoms with E-state index in [0.29, 0.717) is 38.5 Å². The molecule has 0 atom stereocenters. The number of carbonyl (C=O) groups is 2. The number of methoxy groups -OCH3 is 1. The minimum atomic E-state index is -0.613. The van der Waals surface area contributed by atoms with Crippen molar-refractivity contribution in [2.45, 2.75) is 13.8 Å². The zero-order valence-electron chi connectivity index (χ0n) is 20.6. The Morgan fingerprint density at radius 1 is 0.895 bits per heavy atom. The number of ether oxygens (including phenoxy) is 2. The fraction of sp³-hybridized carbons (Fsp3) is 0.143. The zero-order chi connectivity index (χ0) is 27.6. The number of aryl methyl sites for hydroxylation is 2. The number of carbonyl (C=O) groups excluding carboxylic acids is 2. The first-order chi connectivity index (χ1) is 18.2. The molecule has 192 valence electrons. The van der Waals surface area contributed by atoms with E-state index in [1.54, 1.807) is 54.6 Å². The lowest BCUT2D eigenvalue weighted by Crippen LogP contribution is -2.57. The Morgan fingerprint density at radius 3 is 1.92 bits per heavy atom. The monoisotopic (exact) mass is 565 g/mol. The third kappa shape index (κ3) is 5.22. The fourth-order valence-electron chi connectivity index (χ4n) is 3.80. The number of benzene rings is 3. The van der Waals surface area contributed by atoms with E-state index >= 15 is 0 Å². The van der Waals surface area contributed by atoms with Gasteiger partial charge in [-0.3, -0.25) is 19.4 Å². The van der Waals surface area contributed by atoms with Crippen molar-refractivity contribution in [1.29, 1.82) is 5.26 Å². The van der Waals surface area contributed by atoms with E-state index in [1.165, 1.54) is 23.0 Å². The highest BCUT2D eigenvalue weighted by Gasteiger charge is 2.41. The summed E-state index contributed by atoms with van der Waals surface area (Å²) >= 11 is 18.4. The van der Waals surface area contributed by atoms with Gasteiger partial charge in [-0.05, 0) is 85.2 Å². The Bertz CT molecular complexity index is 1470. The number of nitriles is 1. The van der Waals surface area contributed by atoms with Gasteiger partial charge in [0.2, 0.25) is 0 Å². The van der Waals surface area contributed by atoms with Crippen molar-refractivity contribution in [2.75, 3.05) is 23.5 Å². The molecule has 7 nitrogen and oxygen atoms in total. The highest BCUT2D eigenvalue weighted by atomic mass is 35.5. The van der Waals surface area contributed by atoms with Crippen molar-refractivity contribution in [3.63, 3.8) is 0 Å². The van der Waals surface area contributed by atoms with Gasteiger partial charge in [0.1, 0.15) is 11.6 Å². The van der Waals surface area contributed by atoms with Crippen LogP contribution >= 0.6 is 35.4 Å². The van der Waals surface area contributed by atoms with Crippen LogP contribution in [0.15, 0.2) is 60.2 Å². The minimum Gasteiger partial charge on any atom is -0.493 e. The molecule has 2 amide bonds. The van der Waals surface area contributed by atoms with E-state index in [4.69, 9.17) is 50.2 Å². The van der Waals surface area contributed by atoms with Crippen molar-refractivity contribution in [1.82, 2.24) is 0 Å². The first-order valence-corrected chi connectivity index (χ1v) is 12.5. The molecule has 3 aromatic carbocycles. The first kappa shape index (κ1) is 27.1. The first-order valence-electron chi connectivity index (χ1n) is 11.3. The quantitative estimate of drug-likeness (QED) is 0.199. The van der Waals surface area contributed by atoms with Gasteiger partial charge in [-0.25, -0.2) is 0 Å². The number of amides is 2. The van der Waals surface area contributed by atoms with E-state index < -0.39 is 11.8 Å². The molecule has 0 aromatic heterocycles. The summed E-state index contributed by atoms with van der Waals surface area (Å²) in [5.74, 6) is -0.535. The summed E-state index contributed by atoms with van der Waals surface area (Å²) in [6, 6.07) is 17.0. The molecule has 0 N–H and O–H groups in total. The second kappa shape index (κ2) is 11.2. The smallest absolute Gasteiger partial charge is 0.270 e. The Morgan fingerprint density at radius 2 is 1.45 bits per heavy atom. The summed E-state index contributed by atoms with van der Waals surface area (Å²) in [5, 5.41) is 9.67. The highest BCUT2D eigenvalue weighted by molar-refractivity contribution is 7.81. The Labute approximate surface area is 235 Å². The molecule has 1 aliphatic rings. The van der Waals surface area contributed by atoms with E-state index in [0.717, 1.165) is 11.1 Å². The lowest BCUT2D eigenvalue weighted by molar-refractivity contribution is -0.120.